The molecule has 2 aliphatic rings. The van der Waals surface area contributed by atoms with Crippen LogP contribution in [0, 0.1) is 0 Å². The van der Waals surface area contributed by atoms with E-state index in [9.17, 15) is 13.2 Å². The van der Waals surface area contributed by atoms with Gasteiger partial charge >= 0.3 is 0 Å². The van der Waals surface area contributed by atoms with Gasteiger partial charge in [-0.2, -0.15) is 4.31 Å². The van der Waals surface area contributed by atoms with Gasteiger partial charge in [0.05, 0.1) is 11.0 Å². The minimum atomic E-state index is -3.57. The maximum absolute atomic E-state index is 13.0. The Labute approximate surface area is 156 Å². The first kappa shape index (κ1) is 19.3. The van der Waals surface area contributed by atoms with E-state index in [0.717, 1.165) is 32.1 Å². The second-order valence-electron chi connectivity index (χ2n) is 7.22. The van der Waals surface area contributed by atoms with E-state index in [-0.39, 0.29) is 22.9 Å². The molecule has 0 aromatic heterocycles. The average Bonchev–Trinajstić information content (AvgIpc) is 2.68. The molecule has 1 unspecified atom stereocenters. The number of rotatable bonds is 4. The first-order valence-electron chi connectivity index (χ1n) is 9.37. The number of likely N-dealkylation sites (tertiary alicyclic amines) is 1. The van der Waals surface area contributed by atoms with Crippen LogP contribution in [0.2, 0.25) is 0 Å². The minimum Gasteiger partial charge on any atom is -0.381 e. The number of amides is 1. The van der Waals surface area contributed by atoms with Crippen molar-refractivity contribution in [3.63, 3.8) is 0 Å². The summed E-state index contributed by atoms with van der Waals surface area (Å²) in [5, 5.41) is 0. The lowest BCUT2D eigenvalue weighted by atomic mass is 10.1. The lowest BCUT2D eigenvalue weighted by Crippen LogP contribution is -2.42. The monoisotopic (exact) mass is 380 g/mol. The van der Waals surface area contributed by atoms with Gasteiger partial charge in [-0.1, -0.05) is 12.5 Å². The van der Waals surface area contributed by atoms with Crippen LogP contribution in [0.4, 0.5) is 0 Å². The third kappa shape index (κ3) is 3.94. The number of ether oxygens (including phenoxy) is 1. The van der Waals surface area contributed by atoms with Gasteiger partial charge < -0.3 is 9.64 Å². The van der Waals surface area contributed by atoms with Crippen molar-refractivity contribution >= 4 is 15.9 Å². The van der Waals surface area contributed by atoms with E-state index in [2.05, 4.69) is 0 Å². The Kier molecular flexibility index (Phi) is 5.99. The molecule has 0 bridgehead atoms. The molecule has 7 heteroatoms. The molecule has 2 heterocycles. The van der Waals surface area contributed by atoms with Gasteiger partial charge in [0.2, 0.25) is 10.0 Å². The van der Waals surface area contributed by atoms with Crippen molar-refractivity contribution < 1.29 is 17.9 Å². The van der Waals surface area contributed by atoms with Gasteiger partial charge in [0.1, 0.15) is 0 Å². The van der Waals surface area contributed by atoms with Gasteiger partial charge in [0.25, 0.3) is 5.91 Å². The van der Waals surface area contributed by atoms with Gasteiger partial charge in [-0.25, -0.2) is 8.42 Å². The summed E-state index contributed by atoms with van der Waals surface area (Å²) in [5.74, 6) is -0.108. The number of piperidine rings is 2. The Morgan fingerprint density at radius 2 is 1.85 bits per heavy atom. The van der Waals surface area contributed by atoms with E-state index in [1.165, 1.54) is 6.07 Å². The fourth-order valence-corrected chi connectivity index (χ4v) is 5.58. The summed E-state index contributed by atoms with van der Waals surface area (Å²) in [7, 11) is -1.88. The summed E-state index contributed by atoms with van der Waals surface area (Å²) in [6.07, 6.45) is 4.65. The van der Waals surface area contributed by atoms with Crippen LogP contribution < -0.4 is 0 Å². The molecule has 144 valence electrons. The predicted molar refractivity (Wildman–Crippen MR) is 99.6 cm³/mol. The highest BCUT2D eigenvalue weighted by Crippen LogP contribution is 2.26. The Bertz CT molecular complexity index is 742. The number of carbonyl (C=O) groups is 1. The van der Waals surface area contributed by atoms with Crippen molar-refractivity contribution in [1.82, 2.24) is 9.21 Å². The quantitative estimate of drug-likeness (QED) is 0.805. The molecule has 2 saturated heterocycles. The zero-order chi connectivity index (χ0) is 18.7. The molecule has 0 saturated carbocycles. The smallest absolute Gasteiger partial charge is 0.253 e. The van der Waals surface area contributed by atoms with E-state index in [1.807, 2.05) is 6.92 Å². The number of hydrogen-bond acceptors (Lipinski definition) is 4. The van der Waals surface area contributed by atoms with Crippen molar-refractivity contribution in [2.75, 3.05) is 26.7 Å². The highest BCUT2D eigenvalue weighted by atomic mass is 32.2. The van der Waals surface area contributed by atoms with Crippen molar-refractivity contribution in [1.29, 1.82) is 0 Å². The van der Waals surface area contributed by atoms with Gasteiger partial charge in [-0.3, -0.25) is 4.79 Å². The number of sulfonamides is 1. The van der Waals surface area contributed by atoms with Gasteiger partial charge in [0.15, 0.2) is 0 Å². The third-order valence-electron chi connectivity index (χ3n) is 5.49. The molecule has 3 rings (SSSR count). The number of methoxy groups -OCH3 is 1. The predicted octanol–water partition coefficient (Wildman–Crippen LogP) is 2.50. The van der Waals surface area contributed by atoms with E-state index in [4.69, 9.17) is 4.74 Å². The summed E-state index contributed by atoms with van der Waals surface area (Å²) in [4.78, 5) is 14.8. The summed E-state index contributed by atoms with van der Waals surface area (Å²) >= 11 is 0. The Balaban J connectivity index is 1.78. The average molecular weight is 381 g/mol. The summed E-state index contributed by atoms with van der Waals surface area (Å²) in [5.41, 5.74) is 0.437. The molecule has 0 spiro atoms. The topological polar surface area (TPSA) is 66.9 Å². The fourth-order valence-electron chi connectivity index (χ4n) is 3.83. The third-order valence-corrected chi connectivity index (χ3v) is 7.50. The van der Waals surface area contributed by atoms with Crippen LogP contribution in [0.5, 0.6) is 0 Å². The highest BCUT2D eigenvalue weighted by Gasteiger charge is 2.32. The molecule has 0 aliphatic carbocycles. The molecule has 26 heavy (non-hydrogen) atoms. The van der Waals surface area contributed by atoms with E-state index < -0.39 is 10.0 Å². The summed E-state index contributed by atoms with van der Waals surface area (Å²) < 4.78 is 32.9. The molecular weight excluding hydrogens is 352 g/mol. The van der Waals surface area contributed by atoms with Crippen molar-refractivity contribution in [3.05, 3.63) is 29.8 Å². The highest BCUT2D eigenvalue weighted by molar-refractivity contribution is 7.89. The van der Waals surface area contributed by atoms with Crippen molar-refractivity contribution in [3.8, 4) is 0 Å². The molecule has 1 aromatic rings. The molecule has 2 aliphatic heterocycles. The lowest BCUT2D eigenvalue weighted by molar-refractivity contribution is 0.0350. The Morgan fingerprint density at radius 3 is 2.50 bits per heavy atom. The van der Waals surface area contributed by atoms with Crippen LogP contribution in [0.1, 0.15) is 49.4 Å². The lowest BCUT2D eigenvalue weighted by Gasteiger charge is -2.33. The van der Waals surface area contributed by atoms with E-state index >= 15 is 0 Å². The minimum absolute atomic E-state index is 0.00109. The normalized spacial score (nSPS) is 23.2. The zero-order valence-corrected chi connectivity index (χ0v) is 16.4. The summed E-state index contributed by atoms with van der Waals surface area (Å²) in [6, 6.07) is 6.48. The standard InChI is InChI=1S/C19H28N2O4S/c1-15-6-3-4-11-21(15)26(23,24)18-8-5-7-16(14-18)19(22)20-12-9-17(25-2)10-13-20/h5,7-8,14-15,17H,3-4,6,9-13H2,1-2H3. The van der Waals surface area contributed by atoms with Gasteiger partial charge in [-0.05, 0) is 50.8 Å². The molecule has 0 radical (unpaired) electrons. The number of carbonyl (C=O) groups excluding carboxylic acids is 1. The summed E-state index contributed by atoms with van der Waals surface area (Å²) in [6.45, 7) is 3.77. The van der Waals surface area contributed by atoms with Crippen LogP contribution >= 0.6 is 0 Å². The van der Waals surface area contributed by atoms with Crippen molar-refractivity contribution in [2.45, 2.75) is 56.1 Å². The first-order valence-corrected chi connectivity index (χ1v) is 10.8. The molecule has 2 fully saturated rings. The van der Waals surface area contributed by atoms with Crippen LogP contribution in [0.15, 0.2) is 29.2 Å². The fraction of sp³-hybridized carbons (Fsp3) is 0.632. The van der Waals surface area contributed by atoms with Crippen LogP contribution in [0.25, 0.3) is 0 Å². The second kappa shape index (κ2) is 8.06. The van der Waals surface area contributed by atoms with E-state index in [0.29, 0.717) is 25.2 Å². The zero-order valence-electron chi connectivity index (χ0n) is 15.6. The molecule has 6 nitrogen and oxygen atoms in total. The second-order valence-corrected chi connectivity index (χ2v) is 9.11. The van der Waals surface area contributed by atoms with Gasteiger partial charge in [-0.15, -0.1) is 0 Å². The molecular formula is C19H28N2O4S. The van der Waals surface area contributed by atoms with E-state index in [1.54, 1.807) is 34.5 Å². The SMILES string of the molecule is COC1CCN(C(=O)c2cccc(S(=O)(=O)N3CCCCC3C)c2)CC1. The molecule has 0 N–H and O–H groups in total. The van der Waals surface area contributed by atoms with Gasteiger partial charge in [0, 0.05) is 38.3 Å². The molecule has 1 aromatic carbocycles. The first-order chi connectivity index (χ1) is 12.4. The number of nitrogens with zero attached hydrogens (tertiary/aromatic N) is 2. The van der Waals surface area contributed by atoms with Crippen LogP contribution in [-0.2, 0) is 14.8 Å². The molecule has 1 atom stereocenters. The molecule has 1 amide bonds. The largest absolute Gasteiger partial charge is 0.381 e. The maximum Gasteiger partial charge on any atom is 0.253 e. The number of benzene rings is 1. The Morgan fingerprint density at radius 1 is 1.12 bits per heavy atom. The maximum atomic E-state index is 13.0. The van der Waals surface area contributed by atoms with Crippen molar-refractivity contribution in [2.24, 2.45) is 0 Å². The van der Waals surface area contributed by atoms with Crippen LogP contribution in [-0.4, -0.2) is 62.4 Å². The number of hydrogen-bond donors (Lipinski definition) is 0. The Hall–Kier alpha value is -1.44. The van der Waals surface area contributed by atoms with Crippen LogP contribution in [0.3, 0.4) is 0 Å².